The lowest BCUT2D eigenvalue weighted by Gasteiger charge is -2.42. The molecule has 0 unspecified atom stereocenters. The highest BCUT2D eigenvalue weighted by Crippen LogP contribution is 2.48. The van der Waals surface area contributed by atoms with Gasteiger partial charge >= 0.3 is 6.18 Å². The average Bonchev–Trinajstić information content (AvgIpc) is 3.35. The van der Waals surface area contributed by atoms with Crippen LogP contribution in [0.25, 0.3) is 5.65 Å². The maximum Gasteiger partial charge on any atom is 0.434 e. The molecule has 3 aromatic heterocycles. The van der Waals surface area contributed by atoms with Gasteiger partial charge in [-0.1, -0.05) is 18.7 Å². The molecule has 1 saturated heterocycles. The van der Waals surface area contributed by atoms with Crippen LogP contribution in [0.2, 0.25) is 0 Å². The smallest absolute Gasteiger partial charge is 0.342 e. The largest absolute Gasteiger partial charge is 0.434 e. The first-order valence-corrected chi connectivity index (χ1v) is 12.0. The van der Waals surface area contributed by atoms with Crippen LogP contribution >= 0.6 is 11.8 Å². The van der Waals surface area contributed by atoms with Gasteiger partial charge in [0, 0.05) is 42.6 Å². The Labute approximate surface area is 194 Å². The van der Waals surface area contributed by atoms with E-state index in [-0.39, 0.29) is 16.4 Å². The van der Waals surface area contributed by atoms with Crippen molar-refractivity contribution in [1.82, 2.24) is 19.4 Å². The molecule has 0 radical (unpaired) electrons. The Kier molecular flexibility index (Phi) is 5.55. The summed E-state index contributed by atoms with van der Waals surface area (Å²) in [6, 6.07) is 3.19. The van der Waals surface area contributed by atoms with E-state index in [4.69, 9.17) is 10.7 Å². The van der Waals surface area contributed by atoms with E-state index in [0.29, 0.717) is 22.2 Å². The van der Waals surface area contributed by atoms with Crippen molar-refractivity contribution < 1.29 is 13.2 Å². The fourth-order valence-corrected chi connectivity index (χ4v) is 6.59. The van der Waals surface area contributed by atoms with Crippen LogP contribution in [0.1, 0.15) is 44.0 Å². The number of pyridine rings is 1. The number of alkyl halides is 3. The van der Waals surface area contributed by atoms with E-state index in [1.165, 1.54) is 18.6 Å². The van der Waals surface area contributed by atoms with E-state index in [9.17, 15) is 13.2 Å². The summed E-state index contributed by atoms with van der Waals surface area (Å²) in [6.07, 6.45) is 4.43. The van der Waals surface area contributed by atoms with Crippen LogP contribution in [-0.2, 0) is 6.18 Å². The van der Waals surface area contributed by atoms with Crippen LogP contribution in [0.15, 0.2) is 40.5 Å². The molecule has 1 aliphatic carbocycles. The van der Waals surface area contributed by atoms with E-state index in [1.807, 2.05) is 17.5 Å². The van der Waals surface area contributed by atoms with Gasteiger partial charge < -0.3 is 10.6 Å². The molecule has 2 aliphatic rings. The second-order valence-electron chi connectivity index (χ2n) is 9.40. The normalized spacial score (nSPS) is 23.0. The molecule has 2 fully saturated rings. The van der Waals surface area contributed by atoms with Gasteiger partial charge in [-0.2, -0.15) is 13.2 Å². The van der Waals surface area contributed by atoms with Gasteiger partial charge in [-0.05, 0) is 56.1 Å². The number of nitrogens with zero attached hydrogens (tertiary/aromatic N) is 5. The van der Waals surface area contributed by atoms with Gasteiger partial charge in [0.2, 0.25) is 5.95 Å². The summed E-state index contributed by atoms with van der Waals surface area (Å²) in [5.41, 5.74) is 7.08. The Balaban J connectivity index is 1.46. The minimum absolute atomic E-state index is 0.0387. The average molecular weight is 477 g/mol. The number of hydrogen-bond donors (Lipinski definition) is 1. The summed E-state index contributed by atoms with van der Waals surface area (Å²) >= 11 is 1.01. The number of piperidine rings is 1. The first-order valence-electron chi connectivity index (χ1n) is 11.2. The number of anilines is 1. The summed E-state index contributed by atoms with van der Waals surface area (Å²) in [6.45, 7) is 5.81. The highest BCUT2D eigenvalue weighted by molar-refractivity contribution is 7.99. The zero-order valence-corrected chi connectivity index (χ0v) is 19.5. The number of aryl methyl sites for hydroxylation is 1. The summed E-state index contributed by atoms with van der Waals surface area (Å²) in [4.78, 5) is 15.8. The Hall–Kier alpha value is -2.33. The van der Waals surface area contributed by atoms with Gasteiger partial charge in [-0.25, -0.2) is 9.97 Å². The zero-order chi connectivity index (χ0) is 23.4. The van der Waals surface area contributed by atoms with Crippen LogP contribution < -0.4 is 10.6 Å². The highest BCUT2D eigenvalue weighted by Gasteiger charge is 2.46. The molecular formula is C23H27F3N6S. The van der Waals surface area contributed by atoms with Gasteiger partial charge in [0.25, 0.3) is 0 Å². The van der Waals surface area contributed by atoms with Crippen molar-refractivity contribution in [3.63, 3.8) is 0 Å². The van der Waals surface area contributed by atoms with Crippen molar-refractivity contribution in [3.05, 3.63) is 42.1 Å². The highest BCUT2D eigenvalue weighted by atomic mass is 32.2. The molecular weight excluding hydrogens is 449 g/mol. The van der Waals surface area contributed by atoms with Crippen LogP contribution in [-0.4, -0.2) is 38.5 Å². The van der Waals surface area contributed by atoms with Crippen LogP contribution in [0.5, 0.6) is 0 Å². The van der Waals surface area contributed by atoms with E-state index in [1.54, 1.807) is 6.20 Å². The molecule has 10 heteroatoms. The van der Waals surface area contributed by atoms with Crippen molar-refractivity contribution in [3.8, 4) is 0 Å². The Bertz CT molecular complexity index is 1170. The van der Waals surface area contributed by atoms with E-state index in [2.05, 4.69) is 21.8 Å². The number of aromatic nitrogens is 4. The van der Waals surface area contributed by atoms with Gasteiger partial charge in [-0.15, -0.1) is 0 Å². The molecule has 4 heterocycles. The van der Waals surface area contributed by atoms with Crippen LogP contribution in [0.4, 0.5) is 19.1 Å². The maximum absolute atomic E-state index is 13.5. The van der Waals surface area contributed by atoms with Crippen molar-refractivity contribution in [2.75, 3.05) is 18.0 Å². The molecule has 0 bridgehead atoms. The minimum Gasteiger partial charge on any atom is -0.342 e. The first kappa shape index (κ1) is 22.5. The SMILES string of the molecule is Cc1nc(N2CCC3(CC2)C[C@@H](C)C[C@H]3N)n2ccnc2c1Sc1cccnc1C(F)(F)F. The maximum atomic E-state index is 13.5. The second kappa shape index (κ2) is 8.16. The molecule has 2 atom stereocenters. The molecule has 0 amide bonds. The van der Waals surface area contributed by atoms with E-state index < -0.39 is 11.9 Å². The van der Waals surface area contributed by atoms with Gasteiger partial charge in [0.05, 0.1) is 10.6 Å². The lowest BCUT2D eigenvalue weighted by molar-refractivity contribution is -0.143. The lowest BCUT2D eigenvalue weighted by atomic mass is 9.74. The molecule has 5 rings (SSSR count). The molecule has 2 N–H and O–H groups in total. The molecule has 0 aromatic carbocycles. The third kappa shape index (κ3) is 3.97. The summed E-state index contributed by atoms with van der Waals surface area (Å²) in [5, 5.41) is 0. The molecule has 1 spiro atoms. The van der Waals surface area contributed by atoms with Crippen LogP contribution in [0.3, 0.4) is 0 Å². The first-order chi connectivity index (χ1) is 15.7. The predicted octanol–water partition coefficient (Wildman–Crippen LogP) is 4.95. The summed E-state index contributed by atoms with van der Waals surface area (Å²) in [7, 11) is 0. The Morgan fingerprint density at radius 1 is 1.18 bits per heavy atom. The van der Waals surface area contributed by atoms with Gasteiger partial charge in [0.1, 0.15) is 0 Å². The Morgan fingerprint density at radius 2 is 1.94 bits per heavy atom. The van der Waals surface area contributed by atoms with Crippen molar-refractivity contribution in [2.45, 2.75) is 61.5 Å². The third-order valence-electron chi connectivity index (χ3n) is 7.15. The topological polar surface area (TPSA) is 72.3 Å². The predicted molar refractivity (Wildman–Crippen MR) is 121 cm³/mol. The lowest BCUT2D eigenvalue weighted by Crippen LogP contribution is -2.47. The van der Waals surface area contributed by atoms with Gasteiger partial charge in [-0.3, -0.25) is 9.38 Å². The third-order valence-corrected chi connectivity index (χ3v) is 8.38. The summed E-state index contributed by atoms with van der Waals surface area (Å²) < 4.78 is 42.3. The number of halogens is 3. The zero-order valence-electron chi connectivity index (χ0n) is 18.6. The fourth-order valence-electron chi connectivity index (χ4n) is 5.53. The van der Waals surface area contributed by atoms with Crippen LogP contribution in [0, 0.1) is 18.3 Å². The standard InChI is InChI=1S/C23H27F3N6S/c1-14-12-17(27)22(13-14)5-9-31(10-6-22)21-30-15(2)18(20-29-8-11-32(20)21)33-16-4-3-7-28-19(16)23(24,25)26/h3-4,7-8,11,14,17H,5-6,9-10,12-13,27H2,1-2H3/t14-,17+/m0/s1. The molecule has 6 nitrogen and oxygen atoms in total. The van der Waals surface area contributed by atoms with Crippen molar-refractivity contribution in [2.24, 2.45) is 17.1 Å². The minimum atomic E-state index is -4.53. The van der Waals surface area contributed by atoms with E-state index in [0.717, 1.165) is 56.3 Å². The number of nitrogens with two attached hydrogens (primary N) is 1. The number of rotatable bonds is 3. The number of hydrogen-bond acceptors (Lipinski definition) is 6. The monoisotopic (exact) mass is 476 g/mol. The Morgan fingerprint density at radius 3 is 2.61 bits per heavy atom. The quantitative estimate of drug-likeness (QED) is 0.577. The second-order valence-corrected chi connectivity index (χ2v) is 10.5. The number of fused-ring (bicyclic) bond motifs is 1. The van der Waals surface area contributed by atoms with Crippen molar-refractivity contribution >= 4 is 23.4 Å². The van der Waals surface area contributed by atoms with Crippen molar-refractivity contribution in [1.29, 1.82) is 0 Å². The molecule has 176 valence electrons. The molecule has 1 saturated carbocycles. The number of imidazole rings is 1. The van der Waals surface area contributed by atoms with Gasteiger partial charge in [0.15, 0.2) is 11.3 Å². The van der Waals surface area contributed by atoms with E-state index >= 15 is 0 Å². The summed E-state index contributed by atoms with van der Waals surface area (Å²) in [5.74, 6) is 1.44. The molecule has 3 aromatic rings. The molecule has 33 heavy (non-hydrogen) atoms. The molecule has 1 aliphatic heterocycles. The fraction of sp³-hybridized carbons (Fsp3) is 0.522.